The molecular formula is C29H24FN9O. The summed E-state index contributed by atoms with van der Waals surface area (Å²) in [6.07, 6.45) is 10.3. The minimum absolute atomic E-state index is 0.0277. The lowest BCUT2D eigenvalue weighted by Crippen LogP contribution is -2.13. The van der Waals surface area contributed by atoms with E-state index in [0.717, 1.165) is 40.5 Å². The fourth-order valence-electron chi connectivity index (χ4n) is 4.87. The zero-order chi connectivity index (χ0) is 27.2. The molecule has 0 saturated heterocycles. The summed E-state index contributed by atoms with van der Waals surface area (Å²) in [6, 6.07) is 8.78. The van der Waals surface area contributed by atoms with Gasteiger partial charge in [0.1, 0.15) is 11.5 Å². The Morgan fingerprint density at radius 2 is 1.85 bits per heavy atom. The van der Waals surface area contributed by atoms with Gasteiger partial charge in [0.25, 0.3) is 0 Å². The third kappa shape index (κ3) is 4.46. The summed E-state index contributed by atoms with van der Waals surface area (Å²) in [5.41, 5.74) is 7.09. The highest BCUT2D eigenvalue weighted by molar-refractivity contribution is 5.97. The number of anilines is 1. The van der Waals surface area contributed by atoms with Crippen LogP contribution in [0, 0.1) is 11.7 Å². The summed E-state index contributed by atoms with van der Waals surface area (Å²) in [6.45, 7) is 0.542. The number of nitrogens with one attached hydrogen (secondary N) is 4. The standard InChI is InChI=1S/C29H24FN9O/c1-31-9-15-4-17(6-20(30)5-15)23-13-33-14-24-25(23)37-28(36-24)26-22-8-19(11-34-27(22)39-38-26)18-7-21(12-32-10-18)35-29(40)16-2-3-16/h4-8,10-14,16,31H,2-3,9H2,1H3,(H,35,40)(H,36,37)(H,34,38,39). The number of hydrogen-bond acceptors (Lipinski definition) is 7. The summed E-state index contributed by atoms with van der Waals surface area (Å²) in [5.74, 6) is 0.367. The lowest BCUT2D eigenvalue weighted by molar-refractivity contribution is -0.117. The molecule has 1 amide bonds. The molecule has 1 saturated carbocycles. The van der Waals surface area contributed by atoms with Crippen molar-refractivity contribution in [2.45, 2.75) is 19.4 Å². The Hall–Kier alpha value is -5.03. The Morgan fingerprint density at radius 1 is 1.00 bits per heavy atom. The zero-order valence-electron chi connectivity index (χ0n) is 21.5. The maximum atomic E-state index is 14.4. The van der Waals surface area contributed by atoms with Crippen molar-refractivity contribution in [1.82, 2.24) is 40.4 Å². The summed E-state index contributed by atoms with van der Waals surface area (Å²) < 4.78 is 14.4. The molecule has 0 unspecified atom stereocenters. The van der Waals surface area contributed by atoms with Crippen LogP contribution < -0.4 is 10.6 Å². The number of halogens is 1. The zero-order valence-corrected chi connectivity index (χ0v) is 21.5. The van der Waals surface area contributed by atoms with E-state index in [1.807, 2.05) is 25.2 Å². The third-order valence-electron chi connectivity index (χ3n) is 6.98. The smallest absolute Gasteiger partial charge is 0.227 e. The molecule has 5 heterocycles. The molecule has 40 heavy (non-hydrogen) atoms. The van der Waals surface area contributed by atoms with Crippen LogP contribution in [-0.4, -0.2) is 48.1 Å². The van der Waals surface area contributed by atoms with Gasteiger partial charge in [0, 0.05) is 47.7 Å². The van der Waals surface area contributed by atoms with Gasteiger partial charge in [-0.3, -0.25) is 19.9 Å². The molecule has 11 heteroatoms. The lowest BCUT2D eigenvalue weighted by Gasteiger charge is -2.07. The van der Waals surface area contributed by atoms with Crippen molar-refractivity contribution < 1.29 is 9.18 Å². The molecular weight excluding hydrogens is 509 g/mol. The second kappa shape index (κ2) is 9.62. The first-order chi connectivity index (χ1) is 19.6. The minimum Gasteiger partial charge on any atom is -0.335 e. The highest BCUT2D eigenvalue weighted by Crippen LogP contribution is 2.34. The number of pyridine rings is 3. The first kappa shape index (κ1) is 24.0. The van der Waals surface area contributed by atoms with Crippen molar-refractivity contribution >= 4 is 33.7 Å². The van der Waals surface area contributed by atoms with Gasteiger partial charge in [-0.25, -0.2) is 14.4 Å². The maximum absolute atomic E-state index is 14.4. The number of imidazole rings is 1. The highest BCUT2D eigenvalue weighted by atomic mass is 19.1. The van der Waals surface area contributed by atoms with Crippen LogP contribution in [0.5, 0.6) is 0 Å². The summed E-state index contributed by atoms with van der Waals surface area (Å²) in [5, 5.41) is 14.2. The molecule has 6 aromatic rings. The number of H-pyrrole nitrogens is 2. The molecule has 10 nitrogen and oxygen atoms in total. The number of amides is 1. The molecule has 7 rings (SSSR count). The van der Waals surface area contributed by atoms with Gasteiger partial charge in [-0.05, 0) is 61.3 Å². The Bertz CT molecular complexity index is 1910. The van der Waals surface area contributed by atoms with Crippen LogP contribution in [-0.2, 0) is 11.3 Å². The monoisotopic (exact) mass is 533 g/mol. The van der Waals surface area contributed by atoms with Crippen molar-refractivity contribution in [3.05, 3.63) is 72.7 Å². The van der Waals surface area contributed by atoms with E-state index >= 15 is 0 Å². The molecule has 0 spiro atoms. The van der Waals surface area contributed by atoms with Crippen LogP contribution in [0.3, 0.4) is 0 Å². The van der Waals surface area contributed by atoms with Gasteiger partial charge in [-0.15, -0.1) is 0 Å². The largest absolute Gasteiger partial charge is 0.335 e. The van der Waals surface area contributed by atoms with E-state index < -0.39 is 0 Å². The number of aromatic nitrogens is 7. The van der Waals surface area contributed by atoms with E-state index in [-0.39, 0.29) is 17.6 Å². The molecule has 1 fully saturated rings. The summed E-state index contributed by atoms with van der Waals surface area (Å²) >= 11 is 0. The SMILES string of the molecule is CNCc1cc(F)cc(-c2cncc3[nH]c(-c4[nH]nc5ncc(-c6cncc(NC(=O)C7CC7)c6)cc45)nc23)c1. The van der Waals surface area contributed by atoms with E-state index in [9.17, 15) is 9.18 Å². The average Bonchev–Trinajstić information content (AvgIpc) is 3.59. The summed E-state index contributed by atoms with van der Waals surface area (Å²) in [4.78, 5) is 33.6. The topological polar surface area (TPSA) is 137 Å². The second-order valence-electron chi connectivity index (χ2n) is 9.97. The normalized spacial score (nSPS) is 13.2. The first-order valence-electron chi connectivity index (χ1n) is 12.9. The van der Waals surface area contributed by atoms with Crippen LogP contribution >= 0.6 is 0 Å². The van der Waals surface area contributed by atoms with Gasteiger partial charge in [-0.2, -0.15) is 5.10 Å². The predicted octanol–water partition coefficient (Wildman–Crippen LogP) is 4.83. The van der Waals surface area contributed by atoms with Crippen LogP contribution in [0.2, 0.25) is 0 Å². The average molecular weight is 534 g/mol. The number of nitrogens with zero attached hydrogens (tertiary/aromatic N) is 5. The fraction of sp³-hybridized carbons (Fsp3) is 0.172. The molecule has 0 bridgehead atoms. The fourth-order valence-corrected chi connectivity index (χ4v) is 4.87. The van der Waals surface area contributed by atoms with Gasteiger partial charge in [-0.1, -0.05) is 0 Å². The molecule has 1 aromatic carbocycles. The van der Waals surface area contributed by atoms with Crippen molar-refractivity contribution in [2.24, 2.45) is 5.92 Å². The number of aromatic amines is 2. The second-order valence-corrected chi connectivity index (χ2v) is 9.97. The Balaban J connectivity index is 1.27. The van der Waals surface area contributed by atoms with Crippen LogP contribution in [0.25, 0.3) is 55.8 Å². The third-order valence-corrected chi connectivity index (χ3v) is 6.98. The molecule has 1 aliphatic rings. The Labute approximate surface area is 227 Å². The van der Waals surface area contributed by atoms with Crippen molar-refractivity contribution in [3.63, 3.8) is 0 Å². The molecule has 198 valence electrons. The lowest BCUT2D eigenvalue weighted by atomic mass is 10.0. The van der Waals surface area contributed by atoms with Crippen LogP contribution in [0.1, 0.15) is 18.4 Å². The van der Waals surface area contributed by atoms with E-state index in [0.29, 0.717) is 46.0 Å². The molecule has 0 atom stereocenters. The van der Waals surface area contributed by atoms with Crippen LogP contribution in [0.4, 0.5) is 10.1 Å². The predicted molar refractivity (Wildman–Crippen MR) is 150 cm³/mol. The van der Waals surface area contributed by atoms with Gasteiger partial charge in [0.15, 0.2) is 11.5 Å². The van der Waals surface area contributed by atoms with E-state index in [1.54, 1.807) is 31.0 Å². The number of carbonyl (C=O) groups is 1. The van der Waals surface area contributed by atoms with Crippen molar-refractivity contribution in [3.8, 4) is 33.8 Å². The molecule has 1 aliphatic carbocycles. The maximum Gasteiger partial charge on any atom is 0.227 e. The van der Waals surface area contributed by atoms with E-state index in [2.05, 4.69) is 40.8 Å². The number of fused-ring (bicyclic) bond motifs is 2. The summed E-state index contributed by atoms with van der Waals surface area (Å²) in [7, 11) is 1.82. The van der Waals surface area contributed by atoms with Crippen molar-refractivity contribution in [2.75, 3.05) is 12.4 Å². The van der Waals surface area contributed by atoms with E-state index in [1.165, 1.54) is 12.1 Å². The van der Waals surface area contributed by atoms with Gasteiger partial charge in [0.2, 0.25) is 5.91 Å². The molecule has 0 aliphatic heterocycles. The number of benzene rings is 1. The quantitative estimate of drug-likeness (QED) is 0.231. The number of carbonyl (C=O) groups excluding carboxylic acids is 1. The minimum atomic E-state index is -0.320. The van der Waals surface area contributed by atoms with Gasteiger partial charge in [0.05, 0.1) is 34.5 Å². The molecule has 5 aromatic heterocycles. The highest BCUT2D eigenvalue weighted by Gasteiger charge is 2.29. The molecule has 4 N–H and O–H groups in total. The Kier molecular flexibility index (Phi) is 5.78. The molecule has 0 radical (unpaired) electrons. The number of hydrogen-bond donors (Lipinski definition) is 4. The number of rotatable bonds is 7. The van der Waals surface area contributed by atoms with E-state index in [4.69, 9.17) is 4.98 Å². The Morgan fingerprint density at radius 3 is 2.70 bits per heavy atom. The van der Waals surface area contributed by atoms with Crippen LogP contribution in [0.15, 0.2) is 61.3 Å². The first-order valence-corrected chi connectivity index (χ1v) is 12.9. The van der Waals surface area contributed by atoms with Gasteiger partial charge < -0.3 is 15.6 Å². The van der Waals surface area contributed by atoms with Gasteiger partial charge >= 0.3 is 0 Å². The van der Waals surface area contributed by atoms with Crippen molar-refractivity contribution in [1.29, 1.82) is 0 Å².